The van der Waals surface area contributed by atoms with Crippen LogP contribution in [0.2, 0.25) is 0 Å². The van der Waals surface area contributed by atoms with E-state index >= 15 is 0 Å². The van der Waals surface area contributed by atoms with Crippen LogP contribution in [0.25, 0.3) is 10.9 Å². The molecule has 4 rings (SSSR count). The number of carbonyl (C=O) groups is 1. The SMILES string of the molecule is CC(=O)N(c1ccc(Br)cc1)C1CCC(Nc2ncc3ccccc3n2)CC1. The standard InChI is InChI=1S/C22H23BrN4O/c1-15(28)27(19-10-6-17(23)7-11-19)20-12-8-18(9-13-20)25-22-24-14-16-4-2-3-5-21(16)26-22/h2-7,10-11,14,18,20H,8-9,12-13H2,1H3,(H,24,25,26). The Labute approximate surface area is 173 Å². The van der Waals surface area contributed by atoms with Gasteiger partial charge in [-0.05, 0) is 56.0 Å². The summed E-state index contributed by atoms with van der Waals surface area (Å²) in [7, 11) is 0. The van der Waals surface area contributed by atoms with Crippen molar-refractivity contribution in [3.63, 3.8) is 0 Å². The second kappa shape index (κ2) is 8.27. The summed E-state index contributed by atoms with van der Waals surface area (Å²) >= 11 is 3.46. The molecular weight excluding hydrogens is 416 g/mol. The van der Waals surface area contributed by atoms with Crippen molar-refractivity contribution in [2.45, 2.75) is 44.7 Å². The second-order valence-corrected chi connectivity index (χ2v) is 8.18. The molecule has 144 valence electrons. The van der Waals surface area contributed by atoms with Crippen LogP contribution in [0, 0.1) is 0 Å². The molecule has 5 nitrogen and oxygen atoms in total. The van der Waals surface area contributed by atoms with Gasteiger partial charge in [-0.15, -0.1) is 0 Å². The van der Waals surface area contributed by atoms with Gasteiger partial charge in [-0.1, -0.05) is 34.1 Å². The summed E-state index contributed by atoms with van der Waals surface area (Å²) in [6, 6.07) is 16.5. The van der Waals surface area contributed by atoms with Crippen LogP contribution in [0.1, 0.15) is 32.6 Å². The van der Waals surface area contributed by atoms with Crippen LogP contribution in [0.5, 0.6) is 0 Å². The van der Waals surface area contributed by atoms with E-state index in [4.69, 9.17) is 0 Å². The Bertz CT molecular complexity index is 968. The number of fused-ring (bicyclic) bond motifs is 1. The third kappa shape index (κ3) is 4.17. The van der Waals surface area contributed by atoms with Crippen LogP contribution in [-0.2, 0) is 4.79 Å². The Balaban J connectivity index is 1.41. The van der Waals surface area contributed by atoms with Gasteiger partial charge in [-0.2, -0.15) is 0 Å². The number of carbonyl (C=O) groups excluding carboxylic acids is 1. The Morgan fingerprint density at radius 2 is 1.79 bits per heavy atom. The van der Waals surface area contributed by atoms with Gasteiger partial charge in [-0.3, -0.25) is 4.79 Å². The normalized spacial score (nSPS) is 19.4. The van der Waals surface area contributed by atoms with Crippen molar-refractivity contribution < 1.29 is 4.79 Å². The van der Waals surface area contributed by atoms with E-state index in [0.29, 0.717) is 12.0 Å². The minimum Gasteiger partial charge on any atom is -0.351 e. The first-order chi connectivity index (χ1) is 13.6. The van der Waals surface area contributed by atoms with Crippen LogP contribution in [0.15, 0.2) is 59.2 Å². The summed E-state index contributed by atoms with van der Waals surface area (Å²) in [6.07, 6.45) is 5.76. The number of halogens is 1. The molecule has 0 bridgehead atoms. The van der Waals surface area contributed by atoms with Crippen LogP contribution < -0.4 is 10.2 Å². The molecule has 1 saturated carbocycles. The number of anilines is 2. The summed E-state index contributed by atoms with van der Waals surface area (Å²) in [6.45, 7) is 1.65. The maximum atomic E-state index is 12.3. The molecule has 6 heteroatoms. The van der Waals surface area contributed by atoms with Crippen LogP contribution in [-0.4, -0.2) is 28.0 Å². The van der Waals surface area contributed by atoms with Gasteiger partial charge in [0.2, 0.25) is 11.9 Å². The van der Waals surface area contributed by atoms with Crippen molar-refractivity contribution in [2.24, 2.45) is 0 Å². The molecule has 0 unspecified atom stereocenters. The van der Waals surface area contributed by atoms with Crippen LogP contribution >= 0.6 is 15.9 Å². The quantitative estimate of drug-likeness (QED) is 0.610. The lowest BCUT2D eigenvalue weighted by Gasteiger charge is -2.36. The zero-order valence-corrected chi connectivity index (χ0v) is 17.4. The summed E-state index contributed by atoms with van der Waals surface area (Å²) in [5.41, 5.74) is 1.91. The number of aromatic nitrogens is 2. The molecule has 2 aromatic carbocycles. The van der Waals surface area contributed by atoms with E-state index in [1.165, 1.54) is 0 Å². The van der Waals surface area contributed by atoms with Gasteiger partial charge in [0.1, 0.15) is 0 Å². The Morgan fingerprint density at radius 1 is 1.07 bits per heavy atom. The van der Waals surface area contributed by atoms with E-state index in [9.17, 15) is 4.79 Å². The monoisotopic (exact) mass is 438 g/mol. The molecule has 1 aliphatic rings. The van der Waals surface area contributed by atoms with Crippen molar-refractivity contribution in [3.05, 3.63) is 59.2 Å². The van der Waals surface area contributed by atoms with Gasteiger partial charge >= 0.3 is 0 Å². The number of hydrogen-bond donors (Lipinski definition) is 1. The van der Waals surface area contributed by atoms with E-state index in [1.54, 1.807) is 6.92 Å². The van der Waals surface area contributed by atoms with E-state index in [0.717, 1.165) is 46.7 Å². The molecule has 1 N–H and O–H groups in total. The van der Waals surface area contributed by atoms with E-state index in [-0.39, 0.29) is 11.9 Å². The summed E-state index contributed by atoms with van der Waals surface area (Å²) in [5.74, 6) is 0.773. The van der Waals surface area contributed by atoms with Crippen molar-refractivity contribution in [1.29, 1.82) is 0 Å². The maximum absolute atomic E-state index is 12.3. The number of hydrogen-bond acceptors (Lipinski definition) is 4. The third-order valence-corrected chi connectivity index (χ3v) is 5.86. The van der Waals surface area contributed by atoms with Crippen LogP contribution in [0.3, 0.4) is 0 Å². The predicted octanol–water partition coefficient (Wildman–Crippen LogP) is 5.17. The molecular formula is C22H23BrN4O. The fourth-order valence-corrected chi connectivity index (χ4v) is 4.22. The van der Waals surface area contributed by atoms with Crippen molar-refractivity contribution >= 4 is 44.4 Å². The highest BCUT2D eigenvalue weighted by Gasteiger charge is 2.28. The highest BCUT2D eigenvalue weighted by Crippen LogP contribution is 2.30. The summed E-state index contributed by atoms with van der Waals surface area (Å²) in [5, 5.41) is 4.52. The third-order valence-electron chi connectivity index (χ3n) is 5.33. The maximum Gasteiger partial charge on any atom is 0.224 e. The van der Waals surface area contributed by atoms with Crippen molar-refractivity contribution in [1.82, 2.24) is 9.97 Å². The Kier molecular flexibility index (Phi) is 5.57. The number of benzene rings is 2. The van der Waals surface area contributed by atoms with Crippen LogP contribution in [0.4, 0.5) is 11.6 Å². The first-order valence-corrected chi connectivity index (χ1v) is 10.4. The average molecular weight is 439 g/mol. The molecule has 3 aromatic rings. The number of nitrogens with one attached hydrogen (secondary N) is 1. The van der Waals surface area contributed by atoms with Crippen molar-refractivity contribution in [3.8, 4) is 0 Å². The predicted molar refractivity (Wildman–Crippen MR) is 117 cm³/mol. The molecule has 0 radical (unpaired) electrons. The van der Waals surface area contributed by atoms with E-state index < -0.39 is 0 Å². The first kappa shape index (κ1) is 18.9. The summed E-state index contributed by atoms with van der Waals surface area (Å²) in [4.78, 5) is 23.3. The lowest BCUT2D eigenvalue weighted by atomic mass is 9.89. The number of nitrogens with zero attached hydrogens (tertiary/aromatic N) is 3. The molecule has 1 aromatic heterocycles. The molecule has 1 heterocycles. The number of para-hydroxylation sites is 1. The number of amides is 1. The minimum atomic E-state index is 0.0941. The van der Waals surface area contributed by atoms with Gasteiger partial charge in [0.15, 0.2) is 0 Å². The Morgan fingerprint density at radius 3 is 2.50 bits per heavy atom. The molecule has 0 spiro atoms. The van der Waals surface area contributed by atoms with Gasteiger partial charge in [0, 0.05) is 40.8 Å². The highest BCUT2D eigenvalue weighted by molar-refractivity contribution is 9.10. The molecule has 28 heavy (non-hydrogen) atoms. The van der Waals surface area contributed by atoms with E-state index in [2.05, 4.69) is 31.2 Å². The molecule has 0 aliphatic heterocycles. The van der Waals surface area contributed by atoms with Gasteiger partial charge < -0.3 is 10.2 Å². The van der Waals surface area contributed by atoms with Gasteiger partial charge in [0.25, 0.3) is 0 Å². The van der Waals surface area contributed by atoms with Gasteiger partial charge in [0.05, 0.1) is 5.52 Å². The van der Waals surface area contributed by atoms with Gasteiger partial charge in [-0.25, -0.2) is 9.97 Å². The average Bonchev–Trinajstić information content (AvgIpc) is 2.71. The fourth-order valence-electron chi connectivity index (χ4n) is 3.95. The fraction of sp³-hybridized carbons (Fsp3) is 0.318. The lowest BCUT2D eigenvalue weighted by molar-refractivity contribution is -0.117. The minimum absolute atomic E-state index is 0.0941. The molecule has 1 aliphatic carbocycles. The lowest BCUT2D eigenvalue weighted by Crippen LogP contribution is -2.43. The zero-order valence-electron chi connectivity index (χ0n) is 15.8. The number of rotatable bonds is 4. The molecule has 0 saturated heterocycles. The highest BCUT2D eigenvalue weighted by atomic mass is 79.9. The van der Waals surface area contributed by atoms with Crippen molar-refractivity contribution in [2.75, 3.05) is 10.2 Å². The molecule has 0 atom stereocenters. The smallest absolute Gasteiger partial charge is 0.224 e. The zero-order chi connectivity index (χ0) is 19.5. The second-order valence-electron chi connectivity index (χ2n) is 7.27. The Hall–Kier alpha value is -2.47. The molecule has 1 fully saturated rings. The molecule has 1 amide bonds. The largest absolute Gasteiger partial charge is 0.351 e. The topological polar surface area (TPSA) is 58.1 Å². The first-order valence-electron chi connectivity index (χ1n) is 9.64. The summed E-state index contributed by atoms with van der Waals surface area (Å²) < 4.78 is 1.02. The van der Waals surface area contributed by atoms with E-state index in [1.807, 2.05) is 59.6 Å².